The second-order valence-corrected chi connectivity index (χ2v) is 3.03. The van der Waals surface area contributed by atoms with Crippen LogP contribution in [0.3, 0.4) is 0 Å². The molecule has 0 radical (unpaired) electrons. The van der Waals surface area contributed by atoms with Crippen molar-refractivity contribution in [3.05, 3.63) is 0 Å². The molecule has 0 aromatic heterocycles. The summed E-state index contributed by atoms with van der Waals surface area (Å²) in [6.07, 6.45) is 4.32. The molecule has 2 nitrogen and oxygen atoms in total. The zero-order valence-corrected chi connectivity index (χ0v) is 6.52. The van der Waals surface area contributed by atoms with Gasteiger partial charge in [-0.25, -0.2) is 0 Å². The molecule has 0 saturated carbocycles. The Balaban J connectivity index is 2.07. The van der Waals surface area contributed by atoms with Gasteiger partial charge in [0.25, 0.3) is 0 Å². The first-order chi connectivity index (χ1) is 4.79. The highest BCUT2D eigenvalue weighted by Gasteiger charge is 2.13. The minimum Gasteiger partial charge on any atom is -0.314 e. The van der Waals surface area contributed by atoms with Crippen molar-refractivity contribution >= 4 is 5.78 Å². The molecule has 0 aliphatic carbocycles. The van der Waals surface area contributed by atoms with Gasteiger partial charge in [0.05, 0.1) is 0 Å². The number of rotatable bonds is 3. The van der Waals surface area contributed by atoms with E-state index in [1.807, 2.05) is 0 Å². The Morgan fingerprint density at radius 1 is 1.70 bits per heavy atom. The first kappa shape index (κ1) is 7.73. The lowest BCUT2D eigenvalue weighted by molar-refractivity contribution is -0.117. The van der Waals surface area contributed by atoms with Crippen LogP contribution in [-0.2, 0) is 4.79 Å². The number of carbonyl (C=O) groups excluding carboxylic acids is 1. The molecule has 1 atom stereocenters. The van der Waals surface area contributed by atoms with Crippen LogP contribution in [0.25, 0.3) is 0 Å². The molecule has 0 amide bonds. The summed E-state index contributed by atoms with van der Waals surface area (Å²) in [5, 5.41) is 3.36. The third-order valence-electron chi connectivity index (χ3n) is 2.01. The second-order valence-electron chi connectivity index (χ2n) is 3.03. The van der Waals surface area contributed by atoms with Crippen molar-refractivity contribution in [2.45, 2.75) is 38.6 Å². The average Bonchev–Trinajstić information content (AvgIpc) is 2.34. The lowest BCUT2D eigenvalue weighted by Gasteiger charge is -2.06. The van der Waals surface area contributed by atoms with E-state index in [4.69, 9.17) is 0 Å². The Bertz CT molecular complexity index is 116. The van der Waals surface area contributed by atoms with E-state index in [9.17, 15) is 4.79 Å². The fourth-order valence-electron chi connectivity index (χ4n) is 1.38. The van der Waals surface area contributed by atoms with Crippen molar-refractivity contribution in [3.63, 3.8) is 0 Å². The second kappa shape index (κ2) is 3.71. The van der Waals surface area contributed by atoms with Gasteiger partial charge in [-0.2, -0.15) is 0 Å². The van der Waals surface area contributed by atoms with Crippen molar-refractivity contribution in [1.82, 2.24) is 5.32 Å². The lowest BCUT2D eigenvalue weighted by atomic mass is 10.1. The largest absolute Gasteiger partial charge is 0.314 e. The molecule has 1 rings (SSSR count). The minimum atomic E-state index is 0.314. The first-order valence-corrected chi connectivity index (χ1v) is 4.02. The number of ketones is 1. The number of hydrogen-bond donors (Lipinski definition) is 1. The minimum absolute atomic E-state index is 0.314. The molecule has 0 bridgehead atoms. The Hall–Kier alpha value is -0.370. The molecule has 0 aromatic carbocycles. The van der Waals surface area contributed by atoms with E-state index in [0.717, 1.165) is 19.4 Å². The number of nitrogens with one attached hydrogen (secondary N) is 1. The topological polar surface area (TPSA) is 29.1 Å². The maximum atomic E-state index is 10.6. The normalized spacial score (nSPS) is 25.1. The van der Waals surface area contributed by atoms with Gasteiger partial charge in [-0.3, -0.25) is 0 Å². The number of hydrogen-bond acceptors (Lipinski definition) is 2. The molecule has 1 aliphatic rings. The van der Waals surface area contributed by atoms with Gasteiger partial charge >= 0.3 is 0 Å². The summed E-state index contributed by atoms with van der Waals surface area (Å²) in [6, 6.07) is 0.629. The molecular weight excluding hydrogens is 126 g/mol. The molecule has 1 fully saturated rings. The maximum absolute atomic E-state index is 10.6. The van der Waals surface area contributed by atoms with E-state index in [2.05, 4.69) is 5.32 Å². The molecule has 1 N–H and O–H groups in total. The van der Waals surface area contributed by atoms with E-state index in [-0.39, 0.29) is 0 Å². The number of Topliss-reactive ketones (excluding diaryl/α,β-unsaturated/α-hetero) is 1. The van der Waals surface area contributed by atoms with E-state index >= 15 is 0 Å². The van der Waals surface area contributed by atoms with Gasteiger partial charge in [0, 0.05) is 12.5 Å². The Morgan fingerprint density at radius 2 is 2.50 bits per heavy atom. The summed E-state index contributed by atoms with van der Waals surface area (Å²) in [6.45, 7) is 2.80. The summed E-state index contributed by atoms with van der Waals surface area (Å²) < 4.78 is 0. The average molecular weight is 141 g/mol. The van der Waals surface area contributed by atoms with Gasteiger partial charge < -0.3 is 10.1 Å². The molecule has 2 heteroatoms. The SMILES string of the molecule is CC(=O)CC[C@@H]1CCCN1. The Morgan fingerprint density at radius 3 is 3.00 bits per heavy atom. The van der Waals surface area contributed by atoms with Crippen LogP contribution in [-0.4, -0.2) is 18.4 Å². The lowest BCUT2D eigenvalue weighted by Crippen LogP contribution is -2.21. The molecule has 1 aliphatic heterocycles. The van der Waals surface area contributed by atoms with Gasteiger partial charge in [0.15, 0.2) is 0 Å². The van der Waals surface area contributed by atoms with Gasteiger partial charge in [-0.1, -0.05) is 0 Å². The molecule has 1 saturated heterocycles. The van der Waals surface area contributed by atoms with Gasteiger partial charge in [-0.15, -0.1) is 0 Å². The van der Waals surface area contributed by atoms with Crippen LogP contribution < -0.4 is 5.32 Å². The van der Waals surface area contributed by atoms with Gasteiger partial charge in [0.1, 0.15) is 5.78 Å². The van der Waals surface area contributed by atoms with Crippen molar-refractivity contribution in [2.75, 3.05) is 6.54 Å². The Kier molecular flexibility index (Phi) is 2.87. The quantitative estimate of drug-likeness (QED) is 0.638. The van der Waals surface area contributed by atoms with E-state index in [1.165, 1.54) is 12.8 Å². The van der Waals surface area contributed by atoms with E-state index in [1.54, 1.807) is 6.92 Å². The third kappa shape index (κ3) is 2.48. The summed E-state index contributed by atoms with van der Waals surface area (Å²) in [7, 11) is 0. The molecule has 0 aromatic rings. The molecule has 58 valence electrons. The molecular formula is C8H15NO. The van der Waals surface area contributed by atoms with Gasteiger partial charge in [-0.05, 0) is 32.7 Å². The molecule has 1 heterocycles. The highest BCUT2D eigenvalue weighted by molar-refractivity contribution is 5.75. The third-order valence-corrected chi connectivity index (χ3v) is 2.01. The van der Waals surface area contributed by atoms with Crippen LogP contribution in [0.5, 0.6) is 0 Å². The maximum Gasteiger partial charge on any atom is 0.129 e. The summed E-state index contributed by atoms with van der Waals surface area (Å²) in [5.41, 5.74) is 0. The standard InChI is InChI=1S/C8H15NO/c1-7(10)4-5-8-3-2-6-9-8/h8-9H,2-6H2,1H3/t8-/m0/s1. The van der Waals surface area contributed by atoms with E-state index in [0.29, 0.717) is 11.8 Å². The molecule has 0 spiro atoms. The Labute approximate surface area is 62.0 Å². The van der Waals surface area contributed by atoms with Crippen LogP contribution in [0, 0.1) is 0 Å². The smallest absolute Gasteiger partial charge is 0.129 e. The van der Waals surface area contributed by atoms with Crippen LogP contribution in [0.1, 0.15) is 32.6 Å². The fraction of sp³-hybridized carbons (Fsp3) is 0.875. The van der Waals surface area contributed by atoms with Crippen LogP contribution in [0.2, 0.25) is 0 Å². The van der Waals surface area contributed by atoms with Crippen molar-refractivity contribution < 1.29 is 4.79 Å². The van der Waals surface area contributed by atoms with E-state index < -0.39 is 0 Å². The molecule has 10 heavy (non-hydrogen) atoms. The van der Waals surface area contributed by atoms with Crippen molar-refractivity contribution in [1.29, 1.82) is 0 Å². The van der Waals surface area contributed by atoms with Crippen LogP contribution in [0.4, 0.5) is 0 Å². The highest BCUT2D eigenvalue weighted by Crippen LogP contribution is 2.10. The predicted molar refractivity (Wildman–Crippen MR) is 40.9 cm³/mol. The van der Waals surface area contributed by atoms with Crippen molar-refractivity contribution in [3.8, 4) is 0 Å². The number of carbonyl (C=O) groups is 1. The first-order valence-electron chi connectivity index (χ1n) is 4.02. The zero-order chi connectivity index (χ0) is 7.40. The van der Waals surface area contributed by atoms with Gasteiger partial charge in [0.2, 0.25) is 0 Å². The fourth-order valence-corrected chi connectivity index (χ4v) is 1.38. The zero-order valence-electron chi connectivity index (χ0n) is 6.52. The summed E-state index contributed by atoms with van der Waals surface area (Å²) in [5.74, 6) is 0.314. The van der Waals surface area contributed by atoms with Crippen LogP contribution >= 0.6 is 0 Å². The predicted octanol–water partition coefficient (Wildman–Crippen LogP) is 1.11. The van der Waals surface area contributed by atoms with Crippen LogP contribution in [0.15, 0.2) is 0 Å². The monoisotopic (exact) mass is 141 g/mol. The summed E-state index contributed by atoms with van der Waals surface area (Å²) >= 11 is 0. The summed E-state index contributed by atoms with van der Waals surface area (Å²) in [4.78, 5) is 10.6. The molecule has 0 unspecified atom stereocenters. The highest BCUT2D eigenvalue weighted by atomic mass is 16.1. The van der Waals surface area contributed by atoms with Crippen molar-refractivity contribution in [2.24, 2.45) is 0 Å².